The highest BCUT2D eigenvalue weighted by Gasteiger charge is 2.84. The predicted molar refractivity (Wildman–Crippen MR) is 126 cm³/mol. The number of carbonyl (C=O) groups is 2. The Balaban J connectivity index is 1.70. The van der Waals surface area contributed by atoms with Crippen LogP contribution in [0.15, 0.2) is 48.1 Å². The molecule has 7 heteroatoms. The summed E-state index contributed by atoms with van der Waals surface area (Å²) in [5, 5.41) is 21.3. The van der Waals surface area contributed by atoms with Gasteiger partial charge in [0.25, 0.3) is 0 Å². The lowest BCUT2D eigenvalue weighted by atomic mass is 9.52. The second-order valence-corrected chi connectivity index (χ2v) is 10.4. The van der Waals surface area contributed by atoms with Crippen LogP contribution in [-0.2, 0) is 23.8 Å². The Bertz CT molecular complexity index is 964. The summed E-state index contributed by atoms with van der Waals surface area (Å²) in [5.74, 6) is -1.14. The first-order valence-corrected chi connectivity index (χ1v) is 12.1. The van der Waals surface area contributed by atoms with Gasteiger partial charge in [-0.3, -0.25) is 0 Å². The van der Waals surface area contributed by atoms with Crippen LogP contribution >= 0.6 is 0 Å². The van der Waals surface area contributed by atoms with Crippen LogP contribution in [0, 0.1) is 23.7 Å². The number of carboxylic acids is 1. The van der Waals surface area contributed by atoms with Gasteiger partial charge < -0.3 is 24.4 Å². The normalized spacial score (nSPS) is 43.9. The van der Waals surface area contributed by atoms with Crippen molar-refractivity contribution < 1.29 is 34.0 Å². The van der Waals surface area contributed by atoms with E-state index in [4.69, 9.17) is 19.3 Å². The molecule has 2 saturated heterocycles. The van der Waals surface area contributed by atoms with Crippen molar-refractivity contribution in [3.8, 4) is 0 Å². The van der Waals surface area contributed by atoms with Gasteiger partial charge in [0, 0.05) is 17.6 Å². The van der Waals surface area contributed by atoms with E-state index in [2.05, 4.69) is 13.8 Å². The number of methoxy groups -OCH3 is 1. The van der Waals surface area contributed by atoms with Gasteiger partial charge in [-0.15, -0.1) is 0 Å². The van der Waals surface area contributed by atoms with Crippen LogP contribution < -0.4 is 0 Å². The Morgan fingerprint density at radius 2 is 1.88 bits per heavy atom. The fourth-order valence-corrected chi connectivity index (χ4v) is 6.62. The van der Waals surface area contributed by atoms with Crippen molar-refractivity contribution in [2.45, 2.75) is 76.0 Å². The number of esters is 1. The maximum Gasteiger partial charge on any atom is 0.333 e. The average molecular weight is 473 g/mol. The van der Waals surface area contributed by atoms with Gasteiger partial charge in [0.15, 0.2) is 0 Å². The van der Waals surface area contributed by atoms with Gasteiger partial charge in [-0.25, -0.2) is 9.59 Å². The zero-order valence-electron chi connectivity index (χ0n) is 20.6. The zero-order chi connectivity index (χ0) is 24.9. The number of hydrogen-bond acceptors (Lipinski definition) is 6. The van der Waals surface area contributed by atoms with Crippen molar-refractivity contribution in [1.82, 2.24) is 0 Å². The zero-order valence-corrected chi connectivity index (χ0v) is 20.6. The molecule has 0 bridgehead atoms. The van der Waals surface area contributed by atoms with Crippen LogP contribution in [0.4, 0.5) is 0 Å². The predicted octanol–water partition coefficient (Wildman–Crippen LogP) is 3.59. The summed E-state index contributed by atoms with van der Waals surface area (Å²) >= 11 is 0. The molecule has 0 radical (unpaired) electrons. The van der Waals surface area contributed by atoms with E-state index in [0.717, 1.165) is 12.5 Å². The van der Waals surface area contributed by atoms with E-state index in [1.54, 1.807) is 12.2 Å². The van der Waals surface area contributed by atoms with Crippen LogP contribution in [0.1, 0.15) is 47.0 Å². The fourth-order valence-electron chi connectivity index (χ4n) is 6.62. The second-order valence-electron chi connectivity index (χ2n) is 10.4. The maximum absolute atomic E-state index is 12.5. The van der Waals surface area contributed by atoms with E-state index in [1.807, 2.05) is 32.1 Å². The van der Waals surface area contributed by atoms with Crippen LogP contribution in [0.25, 0.3) is 0 Å². The molecule has 186 valence electrons. The smallest absolute Gasteiger partial charge is 0.333 e. The topological polar surface area (TPSA) is 109 Å². The molecule has 2 heterocycles. The van der Waals surface area contributed by atoms with Gasteiger partial charge in [-0.1, -0.05) is 56.7 Å². The summed E-state index contributed by atoms with van der Waals surface area (Å²) in [5.41, 5.74) is -2.12. The van der Waals surface area contributed by atoms with Crippen LogP contribution in [0.2, 0.25) is 0 Å². The van der Waals surface area contributed by atoms with Crippen molar-refractivity contribution in [3.63, 3.8) is 0 Å². The molecule has 0 amide bonds. The Hall–Kier alpha value is -2.22. The number of allylic oxidation sites excluding steroid dienone is 5. The van der Waals surface area contributed by atoms with Gasteiger partial charge in [0.05, 0.1) is 19.3 Å². The minimum atomic E-state index is -1.25. The molecule has 4 aliphatic rings. The number of aliphatic carboxylic acids is 1. The third kappa shape index (κ3) is 3.69. The standard InChI is InChI=1S/C27H36O7/c1-6-16(2)22-25(3,33-22)27(31)20(11-9-7-8-10-12-21(28)29)18-14-13-17(24(30)32-5)15-19(18)23-26(27,4)34-23/h7-13,16,18-20,22-23,31H,6,14-15H2,1-5H3,(H,28,29)/b8-7+,11-9+,12-10+/t16?,18-,19-,20+,22+,23+,25-,26+,27+/m1/s1. The number of epoxide rings is 2. The number of aliphatic hydroxyl groups is 1. The summed E-state index contributed by atoms with van der Waals surface area (Å²) in [4.78, 5) is 22.9. The van der Waals surface area contributed by atoms with Crippen LogP contribution in [0.3, 0.4) is 0 Å². The summed E-state index contributed by atoms with van der Waals surface area (Å²) in [7, 11) is 1.39. The molecule has 4 rings (SSSR count). The van der Waals surface area contributed by atoms with Gasteiger partial charge >= 0.3 is 11.9 Å². The highest BCUT2D eigenvalue weighted by atomic mass is 16.7. The van der Waals surface area contributed by atoms with Crippen LogP contribution in [0.5, 0.6) is 0 Å². The fraction of sp³-hybridized carbons (Fsp3) is 0.630. The van der Waals surface area contributed by atoms with Crippen molar-refractivity contribution >= 4 is 11.9 Å². The van der Waals surface area contributed by atoms with Gasteiger partial charge in [-0.05, 0) is 44.4 Å². The first kappa shape index (κ1) is 24.9. The molecule has 1 unspecified atom stereocenters. The molecular weight excluding hydrogens is 436 g/mol. The summed E-state index contributed by atoms with van der Waals surface area (Å²) in [6.45, 7) is 8.24. The van der Waals surface area contributed by atoms with Crippen molar-refractivity contribution in [3.05, 3.63) is 48.1 Å². The molecule has 2 aliphatic carbocycles. The molecule has 0 aromatic heterocycles. The van der Waals surface area contributed by atoms with E-state index in [0.29, 0.717) is 24.3 Å². The molecule has 0 aromatic carbocycles. The monoisotopic (exact) mass is 472 g/mol. The number of ether oxygens (including phenoxy) is 3. The van der Waals surface area contributed by atoms with Crippen molar-refractivity contribution in [1.29, 1.82) is 0 Å². The number of rotatable bonds is 8. The van der Waals surface area contributed by atoms with Crippen molar-refractivity contribution in [2.75, 3.05) is 7.11 Å². The van der Waals surface area contributed by atoms with Gasteiger partial charge in [0.2, 0.25) is 0 Å². The Morgan fingerprint density at radius 3 is 2.53 bits per heavy atom. The maximum atomic E-state index is 12.5. The molecule has 34 heavy (non-hydrogen) atoms. The lowest BCUT2D eigenvalue weighted by molar-refractivity contribution is -0.145. The minimum absolute atomic E-state index is 0.0598. The summed E-state index contributed by atoms with van der Waals surface area (Å²) < 4.78 is 17.5. The summed E-state index contributed by atoms with van der Waals surface area (Å²) in [6, 6.07) is 0. The van der Waals surface area contributed by atoms with Crippen molar-refractivity contribution in [2.24, 2.45) is 23.7 Å². The number of carboxylic acid groups (broad SMARTS) is 1. The quantitative estimate of drug-likeness (QED) is 0.240. The molecule has 7 nitrogen and oxygen atoms in total. The largest absolute Gasteiger partial charge is 0.478 e. The molecule has 9 atom stereocenters. The molecular formula is C27H36O7. The molecule has 3 fully saturated rings. The Labute approximate surface area is 201 Å². The average Bonchev–Trinajstić information content (AvgIpc) is 3.71. The SMILES string of the molecule is CCC(C)[C@@H]1O[C@@]1(C)[C@@]1(O)[C@@H](/C=C/C=C/C=C/C(=O)O)[C@@H]2CC=C(C(=O)OC)C[C@H]2[C@@H]2O[C@@]21C. The Morgan fingerprint density at radius 1 is 1.18 bits per heavy atom. The molecule has 1 saturated carbocycles. The van der Waals surface area contributed by atoms with E-state index < -0.39 is 22.8 Å². The first-order valence-electron chi connectivity index (χ1n) is 12.1. The number of hydrogen-bond donors (Lipinski definition) is 2. The molecule has 2 N–H and O–H groups in total. The highest BCUT2D eigenvalue weighted by molar-refractivity contribution is 5.88. The number of fused-ring (bicyclic) bond motifs is 3. The molecule has 0 aromatic rings. The highest BCUT2D eigenvalue weighted by Crippen LogP contribution is 2.70. The molecule has 0 spiro atoms. The second kappa shape index (κ2) is 8.77. The van der Waals surface area contributed by atoms with Gasteiger partial charge in [-0.2, -0.15) is 0 Å². The van der Waals surface area contributed by atoms with E-state index >= 15 is 0 Å². The first-order chi connectivity index (χ1) is 16.0. The third-order valence-corrected chi connectivity index (χ3v) is 8.70. The molecule has 2 aliphatic heterocycles. The van der Waals surface area contributed by atoms with Gasteiger partial charge in [0.1, 0.15) is 16.8 Å². The Kier molecular flexibility index (Phi) is 6.42. The minimum Gasteiger partial charge on any atom is -0.478 e. The number of carbonyl (C=O) groups excluding carboxylic acids is 1. The van der Waals surface area contributed by atoms with E-state index in [9.17, 15) is 14.7 Å². The third-order valence-electron chi connectivity index (χ3n) is 8.70. The lowest BCUT2D eigenvalue weighted by Crippen LogP contribution is -2.67. The van der Waals surface area contributed by atoms with E-state index in [-0.39, 0.29) is 35.9 Å². The lowest BCUT2D eigenvalue weighted by Gasteiger charge is -2.51. The van der Waals surface area contributed by atoms with Crippen LogP contribution in [-0.4, -0.2) is 58.3 Å². The summed E-state index contributed by atoms with van der Waals surface area (Å²) in [6.07, 6.45) is 13.7. The van der Waals surface area contributed by atoms with E-state index in [1.165, 1.54) is 13.2 Å².